The smallest absolute Gasteiger partial charge is 0.259 e. The Morgan fingerprint density at radius 3 is 2.85 bits per heavy atom. The standard InChI is InChI=1S/C15H20N4O/c1-4-16-9-12-6-5-7-13(8-12)18-15(20)14-10-17-19(3)11(14)2/h5-8,10,16H,4,9H2,1-3H3,(H,18,20). The Balaban J connectivity index is 2.09. The van der Waals surface area contributed by atoms with Crippen molar-refractivity contribution in [3.8, 4) is 0 Å². The number of benzene rings is 1. The number of anilines is 1. The van der Waals surface area contributed by atoms with E-state index in [1.165, 1.54) is 0 Å². The number of aromatic nitrogens is 2. The Labute approximate surface area is 119 Å². The maximum atomic E-state index is 12.2. The molecule has 0 aliphatic carbocycles. The third-order valence-corrected chi connectivity index (χ3v) is 3.24. The number of hydrogen-bond donors (Lipinski definition) is 2. The van der Waals surface area contributed by atoms with Crippen molar-refractivity contribution in [2.45, 2.75) is 20.4 Å². The minimum Gasteiger partial charge on any atom is -0.322 e. The van der Waals surface area contributed by atoms with Gasteiger partial charge in [0.2, 0.25) is 0 Å². The van der Waals surface area contributed by atoms with Crippen LogP contribution >= 0.6 is 0 Å². The Morgan fingerprint density at radius 1 is 1.40 bits per heavy atom. The summed E-state index contributed by atoms with van der Waals surface area (Å²) in [7, 11) is 1.82. The molecule has 106 valence electrons. The third-order valence-electron chi connectivity index (χ3n) is 3.24. The highest BCUT2D eigenvalue weighted by atomic mass is 16.1. The molecule has 2 N–H and O–H groups in total. The molecule has 0 spiro atoms. The summed E-state index contributed by atoms with van der Waals surface area (Å²) in [6.45, 7) is 5.66. The van der Waals surface area contributed by atoms with E-state index >= 15 is 0 Å². The maximum Gasteiger partial charge on any atom is 0.259 e. The van der Waals surface area contributed by atoms with Crippen LogP contribution in [0, 0.1) is 6.92 Å². The van der Waals surface area contributed by atoms with Gasteiger partial charge in [-0.3, -0.25) is 9.48 Å². The second-order valence-electron chi connectivity index (χ2n) is 4.70. The summed E-state index contributed by atoms with van der Waals surface area (Å²) >= 11 is 0. The van der Waals surface area contributed by atoms with E-state index in [0.29, 0.717) is 5.56 Å². The summed E-state index contributed by atoms with van der Waals surface area (Å²) < 4.78 is 1.69. The van der Waals surface area contributed by atoms with Gasteiger partial charge in [-0.05, 0) is 31.2 Å². The fraction of sp³-hybridized carbons (Fsp3) is 0.333. The lowest BCUT2D eigenvalue weighted by molar-refractivity contribution is 0.102. The van der Waals surface area contributed by atoms with E-state index in [1.807, 2.05) is 38.2 Å². The molecule has 0 saturated carbocycles. The number of rotatable bonds is 5. The number of aryl methyl sites for hydroxylation is 1. The predicted octanol–water partition coefficient (Wildman–Crippen LogP) is 2.09. The van der Waals surface area contributed by atoms with Gasteiger partial charge in [0.05, 0.1) is 11.8 Å². The average Bonchev–Trinajstić information content (AvgIpc) is 2.77. The van der Waals surface area contributed by atoms with E-state index in [0.717, 1.165) is 30.0 Å². The molecule has 0 bridgehead atoms. The van der Waals surface area contributed by atoms with Crippen LogP contribution in [0.1, 0.15) is 28.5 Å². The normalized spacial score (nSPS) is 10.6. The number of nitrogens with zero attached hydrogens (tertiary/aromatic N) is 2. The first-order chi connectivity index (χ1) is 9.61. The predicted molar refractivity (Wildman–Crippen MR) is 79.7 cm³/mol. The van der Waals surface area contributed by atoms with Crippen molar-refractivity contribution in [1.82, 2.24) is 15.1 Å². The van der Waals surface area contributed by atoms with E-state index in [4.69, 9.17) is 0 Å². The Hall–Kier alpha value is -2.14. The van der Waals surface area contributed by atoms with E-state index in [1.54, 1.807) is 10.9 Å². The van der Waals surface area contributed by atoms with E-state index < -0.39 is 0 Å². The van der Waals surface area contributed by atoms with Gasteiger partial charge in [-0.15, -0.1) is 0 Å². The Morgan fingerprint density at radius 2 is 2.20 bits per heavy atom. The molecule has 1 aromatic carbocycles. The van der Waals surface area contributed by atoms with Crippen LogP contribution in [-0.2, 0) is 13.6 Å². The van der Waals surface area contributed by atoms with Crippen LogP contribution < -0.4 is 10.6 Å². The lowest BCUT2D eigenvalue weighted by Crippen LogP contribution is -2.14. The van der Waals surface area contributed by atoms with Crippen LogP contribution in [0.3, 0.4) is 0 Å². The maximum absolute atomic E-state index is 12.2. The van der Waals surface area contributed by atoms with E-state index in [-0.39, 0.29) is 5.91 Å². The van der Waals surface area contributed by atoms with Crippen molar-refractivity contribution in [2.24, 2.45) is 7.05 Å². The second-order valence-corrected chi connectivity index (χ2v) is 4.70. The average molecular weight is 272 g/mol. The number of carbonyl (C=O) groups is 1. The molecule has 0 unspecified atom stereocenters. The van der Waals surface area contributed by atoms with Crippen LogP contribution in [0.15, 0.2) is 30.5 Å². The summed E-state index contributed by atoms with van der Waals surface area (Å²) in [5.74, 6) is -0.129. The molecule has 20 heavy (non-hydrogen) atoms. The van der Waals surface area contributed by atoms with Gasteiger partial charge in [-0.25, -0.2) is 0 Å². The molecule has 0 fully saturated rings. The lowest BCUT2D eigenvalue weighted by atomic mass is 10.2. The summed E-state index contributed by atoms with van der Waals surface area (Å²) in [6, 6.07) is 7.84. The summed E-state index contributed by atoms with van der Waals surface area (Å²) in [4.78, 5) is 12.2. The summed E-state index contributed by atoms with van der Waals surface area (Å²) in [5, 5.41) is 10.3. The van der Waals surface area contributed by atoms with Crippen molar-refractivity contribution in [2.75, 3.05) is 11.9 Å². The zero-order chi connectivity index (χ0) is 14.5. The van der Waals surface area contributed by atoms with Gasteiger partial charge < -0.3 is 10.6 Å². The molecule has 1 aromatic heterocycles. The lowest BCUT2D eigenvalue weighted by Gasteiger charge is -2.07. The van der Waals surface area contributed by atoms with Gasteiger partial charge in [0.1, 0.15) is 0 Å². The highest BCUT2D eigenvalue weighted by molar-refractivity contribution is 6.04. The first-order valence-electron chi connectivity index (χ1n) is 6.71. The van der Waals surface area contributed by atoms with Crippen molar-refractivity contribution in [1.29, 1.82) is 0 Å². The summed E-state index contributed by atoms with van der Waals surface area (Å²) in [5.41, 5.74) is 3.40. The highest BCUT2D eigenvalue weighted by Gasteiger charge is 2.12. The second kappa shape index (κ2) is 6.34. The topological polar surface area (TPSA) is 58.9 Å². The fourth-order valence-corrected chi connectivity index (χ4v) is 1.95. The van der Waals surface area contributed by atoms with Crippen molar-refractivity contribution < 1.29 is 4.79 Å². The Kier molecular flexibility index (Phi) is 4.53. The number of nitrogens with one attached hydrogen (secondary N) is 2. The van der Waals surface area contributed by atoms with Gasteiger partial charge in [0, 0.05) is 25.0 Å². The molecule has 0 atom stereocenters. The minimum atomic E-state index is -0.129. The summed E-state index contributed by atoms with van der Waals surface area (Å²) in [6.07, 6.45) is 1.59. The first-order valence-corrected chi connectivity index (χ1v) is 6.71. The highest BCUT2D eigenvalue weighted by Crippen LogP contribution is 2.13. The fourth-order valence-electron chi connectivity index (χ4n) is 1.95. The van der Waals surface area contributed by atoms with E-state index in [9.17, 15) is 4.79 Å². The first kappa shape index (κ1) is 14.3. The molecule has 5 heteroatoms. The number of carbonyl (C=O) groups excluding carboxylic acids is 1. The Bertz CT molecular complexity index is 604. The van der Waals surface area contributed by atoms with Gasteiger partial charge in [-0.2, -0.15) is 5.10 Å². The van der Waals surface area contributed by atoms with Crippen LogP contribution in [0.5, 0.6) is 0 Å². The monoisotopic (exact) mass is 272 g/mol. The molecule has 5 nitrogen and oxygen atoms in total. The van der Waals surface area contributed by atoms with Gasteiger partial charge >= 0.3 is 0 Å². The molecule has 0 aliphatic rings. The van der Waals surface area contributed by atoms with Crippen LogP contribution in [0.2, 0.25) is 0 Å². The van der Waals surface area contributed by atoms with Gasteiger partial charge in [0.25, 0.3) is 5.91 Å². The van der Waals surface area contributed by atoms with Crippen molar-refractivity contribution in [3.05, 3.63) is 47.3 Å². The molecular weight excluding hydrogens is 252 g/mol. The van der Waals surface area contributed by atoms with Crippen LogP contribution in [0.25, 0.3) is 0 Å². The number of hydrogen-bond acceptors (Lipinski definition) is 3. The van der Waals surface area contributed by atoms with Crippen LogP contribution in [0.4, 0.5) is 5.69 Å². The van der Waals surface area contributed by atoms with Crippen molar-refractivity contribution >= 4 is 11.6 Å². The molecule has 2 aromatic rings. The quantitative estimate of drug-likeness (QED) is 0.876. The zero-order valence-corrected chi connectivity index (χ0v) is 12.1. The SMILES string of the molecule is CCNCc1cccc(NC(=O)c2cnn(C)c2C)c1. The molecule has 0 radical (unpaired) electrons. The van der Waals surface area contributed by atoms with E-state index in [2.05, 4.69) is 22.7 Å². The molecule has 0 aliphatic heterocycles. The van der Waals surface area contributed by atoms with Crippen molar-refractivity contribution in [3.63, 3.8) is 0 Å². The molecule has 1 heterocycles. The molecule has 0 saturated heterocycles. The molecular formula is C15H20N4O. The third kappa shape index (κ3) is 3.24. The van der Waals surface area contributed by atoms with Gasteiger partial charge in [-0.1, -0.05) is 19.1 Å². The molecule has 2 rings (SSSR count). The van der Waals surface area contributed by atoms with Gasteiger partial charge in [0.15, 0.2) is 0 Å². The van der Waals surface area contributed by atoms with Crippen LogP contribution in [-0.4, -0.2) is 22.2 Å². The molecule has 1 amide bonds. The zero-order valence-electron chi connectivity index (χ0n) is 12.1. The minimum absolute atomic E-state index is 0.129. The largest absolute Gasteiger partial charge is 0.322 e. The number of amides is 1.